The summed E-state index contributed by atoms with van der Waals surface area (Å²) in [5, 5.41) is 12.7. The highest BCUT2D eigenvalue weighted by molar-refractivity contribution is 5.91. The summed E-state index contributed by atoms with van der Waals surface area (Å²) in [6, 6.07) is -0.616. The fourth-order valence-corrected chi connectivity index (χ4v) is 3.60. The summed E-state index contributed by atoms with van der Waals surface area (Å²) >= 11 is 0. The zero-order valence-corrected chi connectivity index (χ0v) is 11.8. The summed E-state index contributed by atoms with van der Waals surface area (Å²) in [4.78, 5) is 25.0. The number of fused-ring (bicyclic) bond motifs is 1. The second-order valence-electron chi connectivity index (χ2n) is 6.42. The van der Waals surface area contributed by atoms with Gasteiger partial charge in [-0.1, -0.05) is 12.8 Å². The fraction of sp³-hybridized carbons (Fsp3) is 0.857. The van der Waals surface area contributed by atoms with Gasteiger partial charge in [-0.2, -0.15) is 8.78 Å². The molecule has 0 aromatic heterocycles. The second-order valence-corrected chi connectivity index (χ2v) is 6.42. The average molecular weight is 302 g/mol. The first-order valence-corrected chi connectivity index (χ1v) is 7.56. The number of piperazine rings is 1. The van der Waals surface area contributed by atoms with E-state index in [1.54, 1.807) is 0 Å². The molecule has 3 fully saturated rings. The molecule has 3 aliphatic rings. The van der Waals surface area contributed by atoms with Crippen molar-refractivity contribution in [1.29, 1.82) is 0 Å². The molecule has 0 radical (unpaired) electrons. The van der Waals surface area contributed by atoms with Crippen LogP contribution in [0.2, 0.25) is 0 Å². The topological polar surface area (TPSA) is 69.6 Å². The zero-order valence-electron chi connectivity index (χ0n) is 11.8. The van der Waals surface area contributed by atoms with Gasteiger partial charge < -0.3 is 15.3 Å². The first-order chi connectivity index (χ1) is 9.85. The number of nitrogens with one attached hydrogen (secondary N) is 1. The van der Waals surface area contributed by atoms with Crippen LogP contribution in [0.3, 0.4) is 0 Å². The van der Waals surface area contributed by atoms with E-state index in [0.29, 0.717) is 19.3 Å². The maximum atomic E-state index is 14.3. The first-order valence-electron chi connectivity index (χ1n) is 7.56. The third-order valence-corrected chi connectivity index (χ3v) is 5.08. The maximum Gasteiger partial charge on any atom is 0.352 e. The van der Waals surface area contributed by atoms with Crippen LogP contribution in [0.4, 0.5) is 8.78 Å². The molecule has 1 saturated heterocycles. The average Bonchev–Trinajstić information content (AvgIpc) is 2.42. The molecule has 7 heteroatoms. The minimum Gasteiger partial charge on any atom is -0.383 e. The van der Waals surface area contributed by atoms with Gasteiger partial charge in [-0.05, 0) is 32.1 Å². The molecule has 2 saturated carbocycles. The van der Waals surface area contributed by atoms with Crippen molar-refractivity contribution >= 4 is 11.8 Å². The van der Waals surface area contributed by atoms with Gasteiger partial charge in [-0.15, -0.1) is 0 Å². The molecule has 0 spiro atoms. The molecule has 0 bridgehead atoms. The Kier molecular flexibility index (Phi) is 3.43. The number of carbonyl (C=O) groups excluding carboxylic acids is 2. The largest absolute Gasteiger partial charge is 0.383 e. The van der Waals surface area contributed by atoms with E-state index in [0.717, 1.165) is 17.7 Å². The smallest absolute Gasteiger partial charge is 0.352 e. The quantitative estimate of drug-likeness (QED) is 0.793. The van der Waals surface area contributed by atoms with E-state index in [2.05, 4.69) is 5.32 Å². The summed E-state index contributed by atoms with van der Waals surface area (Å²) < 4.78 is 28.7. The highest BCUT2D eigenvalue weighted by Gasteiger charge is 2.63. The molecule has 2 N–H and O–H groups in total. The zero-order chi connectivity index (χ0) is 15.3. The molecular formula is C14H20F2N2O3. The number of hydrogen-bond donors (Lipinski definition) is 2. The molecule has 1 aliphatic heterocycles. The van der Waals surface area contributed by atoms with Crippen molar-refractivity contribution in [3.8, 4) is 0 Å². The van der Waals surface area contributed by atoms with Crippen molar-refractivity contribution < 1.29 is 23.5 Å². The Balaban J connectivity index is 1.83. The summed E-state index contributed by atoms with van der Waals surface area (Å²) in [6.07, 6.45) is 3.45. The lowest BCUT2D eigenvalue weighted by Crippen LogP contribution is -2.69. The molecule has 2 aliphatic carbocycles. The lowest BCUT2D eigenvalue weighted by Gasteiger charge is -2.48. The van der Waals surface area contributed by atoms with Crippen LogP contribution in [-0.2, 0) is 9.59 Å². The highest BCUT2D eigenvalue weighted by atomic mass is 19.3. The van der Waals surface area contributed by atoms with Gasteiger partial charge >= 0.3 is 5.92 Å². The van der Waals surface area contributed by atoms with E-state index in [4.69, 9.17) is 0 Å². The van der Waals surface area contributed by atoms with Crippen molar-refractivity contribution in [1.82, 2.24) is 10.2 Å². The Morgan fingerprint density at radius 1 is 1.29 bits per heavy atom. The van der Waals surface area contributed by atoms with E-state index >= 15 is 0 Å². The lowest BCUT2D eigenvalue weighted by molar-refractivity contribution is -0.226. The number of nitrogens with zero attached hydrogens (tertiary/aromatic N) is 1. The third-order valence-electron chi connectivity index (χ3n) is 5.08. The molecular weight excluding hydrogens is 282 g/mol. The molecule has 21 heavy (non-hydrogen) atoms. The van der Waals surface area contributed by atoms with Crippen LogP contribution < -0.4 is 5.32 Å². The van der Waals surface area contributed by atoms with E-state index in [1.165, 1.54) is 0 Å². The number of halogens is 2. The summed E-state index contributed by atoms with van der Waals surface area (Å²) in [6.45, 7) is -0.342. The van der Waals surface area contributed by atoms with Crippen LogP contribution in [0.1, 0.15) is 44.9 Å². The Morgan fingerprint density at radius 3 is 2.57 bits per heavy atom. The van der Waals surface area contributed by atoms with E-state index in [1.807, 2.05) is 0 Å². The van der Waals surface area contributed by atoms with E-state index < -0.39 is 23.3 Å². The Labute approximate surface area is 121 Å². The van der Waals surface area contributed by atoms with Gasteiger partial charge in [0.2, 0.25) is 5.91 Å². The second kappa shape index (κ2) is 4.90. The van der Waals surface area contributed by atoms with Crippen LogP contribution in [-0.4, -0.2) is 52.0 Å². The lowest BCUT2D eigenvalue weighted by atomic mass is 9.74. The SMILES string of the molecule is O=C1CN(C(=O)C(F)(F)C2(O)CCC2)C2CCCCC2N1. The van der Waals surface area contributed by atoms with Crippen LogP contribution in [0.15, 0.2) is 0 Å². The van der Waals surface area contributed by atoms with Gasteiger partial charge in [0.15, 0.2) is 0 Å². The van der Waals surface area contributed by atoms with Gasteiger partial charge in [0, 0.05) is 6.04 Å². The van der Waals surface area contributed by atoms with Crippen LogP contribution in [0, 0.1) is 0 Å². The Bertz CT molecular complexity index is 465. The monoisotopic (exact) mass is 302 g/mol. The van der Waals surface area contributed by atoms with Crippen molar-refractivity contribution in [2.45, 2.75) is 68.6 Å². The van der Waals surface area contributed by atoms with Crippen LogP contribution >= 0.6 is 0 Å². The molecule has 0 aromatic carbocycles. The normalized spacial score (nSPS) is 32.0. The Hall–Kier alpha value is -1.24. The van der Waals surface area contributed by atoms with Gasteiger partial charge in [-0.25, -0.2) is 0 Å². The van der Waals surface area contributed by atoms with Crippen LogP contribution in [0.5, 0.6) is 0 Å². The third kappa shape index (κ3) is 2.22. The summed E-state index contributed by atoms with van der Waals surface area (Å²) in [7, 11) is 0. The van der Waals surface area contributed by atoms with Crippen molar-refractivity contribution in [3.05, 3.63) is 0 Å². The molecule has 5 nitrogen and oxygen atoms in total. The van der Waals surface area contributed by atoms with Gasteiger partial charge in [0.05, 0.1) is 6.04 Å². The molecule has 2 unspecified atom stereocenters. The molecule has 1 heterocycles. The summed E-state index contributed by atoms with van der Waals surface area (Å²) in [5.74, 6) is -5.61. The predicted molar refractivity (Wildman–Crippen MR) is 69.6 cm³/mol. The minimum atomic E-state index is -3.81. The Morgan fingerprint density at radius 2 is 1.95 bits per heavy atom. The van der Waals surface area contributed by atoms with Crippen molar-refractivity contribution in [2.75, 3.05) is 6.54 Å². The number of hydrogen-bond acceptors (Lipinski definition) is 3. The number of aliphatic hydroxyl groups is 1. The highest BCUT2D eigenvalue weighted by Crippen LogP contribution is 2.45. The van der Waals surface area contributed by atoms with Crippen molar-refractivity contribution in [3.63, 3.8) is 0 Å². The first kappa shape index (κ1) is 14.7. The fourth-order valence-electron chi connectivity index (χ4n) is 3.60. The number of carbonyl (C=O) groups is 2. The molecule has 118 valence electrons. The molecule has 3 rings (SSSR count). The van der Waals surface area contributed by atoms with Crippen LogP contribution in [0.25, 0.3) is 0 Å². The summed E-state index contributed by atoms with van der Waals surface area (Å²) in [5.41, 5.74) is -2.23. The number of rotatable bonds is 2. The number of alkyl halides is 2. The van der Waals surface area contributed by atoms with Gasteiger partial charge in [0.25, 0.3) is 5.91 Å². The van der Waals surface area contributed by atoms with Gasteiger partial charge in [-0.3, -0.25) is 9.59 Å². The minimum absolute atomic E-state index is 0.0696. The standard InChI is InChI=1S/C14H20F2N2O3/c15-14(16,13(21)6-3-7-13)12(20)18-8-11(19)17-9-4-1-2-5-10(9)18/h9-10,21H,1-8H2,(H,17,19). The van der Waals surface area contributed by atoms with Crippen molar-refractivity contribution in [2.24, 2.45) is 0 Å². The van der Waals surface area contributed by atoms with E-state index in [-0.39, 0.29) is 31.5 Å². The predicted octanol–water partition coefficient (Wildman–Crippen LogP) is 0.806. The number of amides is 2. The molecule has 2 amide bonds. The maximum absolute atomic E-state index is 14.3. The molecule has 2 atom stereocenters. The van der Waals surface area contributed by atoms with Gasteiger partial charge in [0.1, 0.15) is 12.1 Å². The van der Waals surface area contributed by atoms with E-state index in [9.17, 15) is 23.5 Å². The molecule has 0 aromatic rings.